The molecule has 0 aromatic heterocycles. The third-order valence-corrected chi connectivity index (χ3v) is 3.90. The van der Waals surface area contributed by atoms with Gasteiger partial charge in [-0.3, -0.25) is 15.1 Å². The highest BCUT2D eigenvalue weighted by Crippen LogP contribution is 2.30. The van der Waals surface area contributed by atoms with E-state index in [4.69, 9.17) is 5.84 Å². The minimum absolute atomic E-state index is 0.287. The second-order valence-electron chi connectivity index (χ2n) is 5.77. The van der Waals surface area contributed by atoms with Gasteiger partial charge in [-0.2, -0.15) is 0 Å². The Morgan fingerprint density at radius 3 is 2.50 bits per heavy atom. The molecule has 1 fully saturated rings. The Bertz CT molecular complexity index is 453. The van der Waals surface area contributed by atoms with Crippen LogP contribution in [0.25, 0.3) is 0 Å². The zero-order valence-corrected chi connectivity index (χ0v) is 11.9. The SMILES string of the molecule is CN(Cc1ccc(C(=O)NN)cc1)CC1(O)CCCC1. The van der Waals surface area contributed by atoms with Crippen LogP contribution in [0.5, 0.6) is 0 Å². The van der Waals surface area contributed by atoms with Gasteiger partial charge >= 0.3 is 0 Å². The van der Waals surface area contributed by atoms with Gasteiger partial charge in [-0.05, 0) is 37.6 Å². The Hall–Kier alpha value is -1.43. The molecule has 0 heterocycles. The summed E-state index contributed by atoms with van der Waals surface area (Å²) in [6.07, 6.45) is 4.03. The summed E-state index contributed by atoms with van der Waals surface area (Å²) in [6, 6.07) is 7.35. The average molecular weight is 277 g/mol. The van der Waals surface area contributed by atoms with E-state index >= 15 is 0 Å². The standard InChI is InChI=1S/C15H23N3O2/c1-18(11-15(20)8-2-3-9-15)10-12-4-6-13(7-5-12)14(19)17-16/h4-7,20H,2-3,8-11,16H2,1H3,(H,17,19). The fourth-order valence-electron chi connectivity index (χ4n) is 2.91. The molecule has 0 spiro atoms. The van der Waals surface area contributed by atoms with E-state index in [1.807, 2.05) is 19.2 Å². The smallest absolute Gasteiger partial charge is 0.265 e. The minimum Gasteiger partial charge on any atom is -0.389 e. The van der Waals surface area contributed by atoms with Crippen molar-refractivity contribution in [1.82, 2.24) is 10.3 Å². The number of hydrazine groups is 1. The number of likely N-dealkylation sites (N-methyl/N-ethyl adjacent to an activating group) is 1. The fourth-order valence-corrected chi connectivity index (χ4v) is 2.91. The van der Waals surface area contributed by atoms with Crippen LogP contribution in [-0.2, 0) is 6.54 Å². The molecule has 0 saturated heterocycles. The number of nitrogens with one attached hydrogen (secondary N) is 1. The maximum absolute atomic E-state index is 11.3. The van der Waals surface area contributed by atoms with Crippen LogP contribution in [0.15, 0.2) is 24.3 Å². The molecule has 1 aromatic rings. The molecule has 4 N–H and O–H groups in total. The number of nitrogen functional groups attached to an aromatic ring is 1. The number of hydrogen-bond donors (Lipinski definition) is 3. The molecule has 1 aliphatic rings. The van der Waals surface area contributed by atoms with Gasteiger partial charge in [0.25, 0.3) is 5.91 Å². The van der Waals surface area contributed by atoms with Gasteiger partial charge in [-0.1, -0.05) is 25.0 Å². The van der Waals surface area contributed by atoms with Crippen molar-refractivity contribution in [3.8, 4) is 0 Å². The molecule has 110 valence electrons. The first-order valence-electron chi connectivity index (χ1n) is 7.03. The van der Waals surface area contributed by atoms with Gasteiger partial charge in [0.05, 0.1) is 5.60 Å². The lowest BCUT2D eigenvalue weighted by molar-refractivity contribution is 0.0145. The molecule has 5 nitrogen and oxygen atoms in total. The zero-order chi connectivity index (χ0) is 14.6. The summed E-state index contributed by atoms with van der Waals surface area (Å²) in [5, 5.41) is 10.4. The molecule has 0 aliphatic heterocycles. The lowest BCUT2D eigenvalue weighted by atomic mass is 10.0. The summed E-state index contributed by atoms with van der Waals surface area (Å²) in [4.78, 5) is 13.5. The molecular formula is C15H23N3O2. The van der Waals surface area contributed by atoms with Crippen LogP contribution in [0.3, 0.4) is 0 Å². The largest absolute Gasteiger partial charge is 0.389 e. The van der Waals surface area contributed by atoms with Gasteiger partial charge in [-0.25, -0.2) is 5.84 Å². The van der Waals surface area contributed by atoms with Gasteiger partial charge in [0, 0.05) is 18.7 Å². The molecule has 0 atom stereocenters. The van der Waals surface area contributed by atoms with Gasteiger partial charge in [0.1, 0.15) is 0 Å². The molecule has 1 saturated carbocycles. The Labute approximate surface area is 119 Å². The topological polar surface area (TPSA) is 78.6 Å². The van der Waals surface area contributed by atoms with Crippen molar-refractivity contribution in [3.05, 3.63) is 35.4 Å². The van der Waals surface area contributed by atoms with Crippen LogP contribution >= 0.6 is 0 Å². The first-order valence-corrected chi connectivity index (χ1v) is 7.03. The molecule has 5 heteroatoms. The summed E-state index contributed by atoms with van der Waals surface area (Å²) in [6.45, 7) is 1.45. The van der Waals surface area contributed by atoms with E-state index < -0.39 is 5.60 Å². The third kappa shape index (κ3) is 3.79. The quantitative estimate of drug-likeness (QED) is 0.427. The van der Waals surface area contributed by atoms with E-state index in [9.17, 15) is 9.90 Å². The van der Waals surface area contributed by atoms with Crippen LogP contribution in [0.4, 0.5) is 0 Å². The molecule has 1 aliphatic carbocycles. The molecule has 0 radical (unpaired) electrons. The molecule has 20 heavy (non-hydrogen) atoms. The highest BCUT2D eigenvalue weighted by Gasteiger charge is 2.31. The van der Waals surface area contributed by atoms with Crippen LogP contribution < -0.4 is 11.3 Å². The number of amides is 1. The second kappa shape index (κ2) is 6.35. The summed E-state index contributed by atoms with van der Waals surface area (Å²) in [7, 11) is 2.01. The maximum Gasteiger partial charge on any atom is 0.265 e. The zero-order valence-electron chi connectivity index (χ0n) is 11.9. The molecule has 1 aromatic carbocycles. The second-order valence-corrected chi connectivity index (χ2v) is 5.77. The van der Waals surface area contributed by atoms with Gasteiger partial charge in [0.2, 0.25) is 0 Å². The first kappa shape index (κ1) is 15.0. The van der Waals surface area contributed by atoms with Gasteiger partial charge < -0.3 is 5.11 Å². The van der Waals surface area contributed by atoms with Crippen molar-refractivity contribution in [1.29, 1.82) is 0 Å². The fraction of sp³-hybridized carbons (Fsp3) is 0.533. The van der Waals surface area contributed by atoms with Crippen molar-refractivity contribution in [2.75, 3.05) is 13.6 Å². The van der Waals surface area contributed by atoms with E-state index in [0.29, 0.717) is 12.1 Å². The van der Waals surface area contributed by atoms with Crippen molar-refractivity contribution >= 4 is 5.91 Å². The van der Waals surface area contributed by atoms with Crippen molar-refractivity contribution in [2.45, 2.75) is 37.8 Å². The third-order valence-electron chi connectivity index (χ3n) is 3.90. The van der Waals surface area contributed by atoms with Gasteiger partial charge in [0.15, 0.2) is 0 Å². The predicted octanol–water partition coefficient (Wildman–Crippen LogP) is 1.03. The summed E-state index contributed by atoms with van der Waals surface area (Å²) in [5.74, 6) is 4.81. The summed E-state index contributed by atoms with van der Waals surface area (Å²) in [5.41, 5.74) is 3.26. The first-order chi connectivity index (χ1) is 9.52. The van der Waals surface area contributed by atoms with E-state index in [2.05, 4.69) is 10.3 Å². The van der Waals surface area contributed by atoms with Crippen molar-refractivity contribution in [3.63, 3.8) is 0 Å². The number of nitrogens with zero attached hydrogens (tertiary/aromatic N) is 1. The van der Waals surface area contributed by atoms with E-state index in [0.717, 1.165) is 37.8 Å². The lowest BCUT2D eigenvalue weighted by Gasteiger charge is -2.28. The monoisotopic (exact) mass is 277 g/mol. The van der Waals surface area contributed by atoms with Crippen molar-refractivity contribution < 1.29 is 9.90 Å². The Balaban J connectivity index is 1.90. The van der Waals surface area contributed by atoms with Gasteiger partial charge in [-0.15, -0.1) is 0 Å². The maximum atomic E-state index is 11.3. The molecule has 0 unspecified atom stereocenters. The molecule has 2 rings (SSSR count). The number of carbonyl (C=O) groups excluding carboxylic acids is 1. The number of carbonyl (C=O) groups is 1. The van der Waals surface area contributed by atoms with Crippen LogP contribution in [-0.4, -0.2) is 35.1 Å². The average Bonchev–Trinajstić information content (AvgIpc) is 2.84. The van der Waals surface area contributed by atoms with Crippen molar-refractivity contribution in [2.24, 2.45) is 5.84 Å². The number of hydrogen-bond acceptors (Lipinski definition) is 4. The highest BCUT2D eigenvalue weighted by atomic mass is 16.3. The Kier molecular flexibility index (Phi) is 4.75. The lowest BCUT2D eigenvalue weighted by Crippen LogP contribution is -2.38. The number of nitrogens with two attached hydrogens (primary N) is 1. The Morgan fingerprint density at radius 1 is 1.35 bits per heavy atom. The number of rotatable bonds is 5. The van der Waals surface area contributed by atoms with E-state index in [1.54, 1.807) is 12.1 Å². The minimum atomic E-state index is -0.520. The molecular weight excluding hydrogens is 254 g/mol. The number of aliphatic hydroxyl groups is 1. The normalized spacial score (nSPS) is 17.4. The van der Waals surface area contributed by atoms with Crippen LogP contribution in [0.1, 0.15) is 41.6 Å². The van der Waals surface area contributed by atoms with E-state index in [1.165, 1.54) is 0 Å². The predicted molar refractivity (Wildman–Crippen MR) is 77.8 cm³/mol. The van der Waals surface area contributed by atoms with E-state index in [-0.39, 0.29) is 5.91 Å². The van der Waals surface area contributed by atoms with Crippen LogP contribution in [0, 0.1) is 0 Å². The number of benzene rings is 1. The highest BCUT2D eigenvalue weighted by molar-refractivity contribution is 5.93. The summed E-state index contributed by atoms with van der Waals surface area (Å²) >= 11 is 0. The Morgan fingerprint density at radius 2 is 1.95 bits per heavy atom. The molecule has 0 bridgehead atoms. The van der Waals surface area contributed by atoms with Crippen LogP contribution in [0.2, 0.25) is 0 Å². The molecule has 1 amide bonds. The summed E-state index contributed by atoms with van der Waals surface area (Å²) < 4.78 is 0.